The fourth-order valence-electron chi connectivity index (χ4n) is 1.41. The van der Waals surface area contributed by atoms with Crippen LogP contribution in [0, 0.1) is 0 Å². The normalized spacial score (nSPS) is 11.0. The van der Waals surface area contributed by atoms with Gasteiger partial charge in [-0.3, -0.25) is 9.59 Å². The van der Waals surface area contributed by atoms with Crippen LogP contribution in [0.4, 0.5) is 0 Å². The van der Waals surface area contributed by atoms with Crippen molar-refractivity contribution >= 4 is 18.3 Å². The molecule has 0 saturated heterocycles. The number of hydrogen-bond donors (Lipinski definition) is 2. The van der Waals surface area contributed by atoms with Gasteiger partial charge in [0.1, 0.15) is 0 Å². The zero-order valence-electron chi connectivity index (χ0n) is 9.46. The maximum atomic E-state index is 11.7. The predicted octanol–water partition coefficient (Wildman–Crippen LogP) is 1.38. The van der Waals surface area contributed by atoms with Gasteiger partial charge in [-0.2, -0.15) is 0 Å². The Morgan fingerprint density at radius 2 is 2.06 bits per heavy atom. The molecule has 0 spiro atoms. The monoisotopic (exact) mass is 241 g/mol. The van der Waals surface area contributed by atoms with Crippen LogP contribution in [0.1, 0.15) is 16.2 Å². The summed E-state index contributed by atoms with van der Waals surface area (Å²) < 4.78 is 0. The highest BCUT2D eigenvalue weighted by atomic mass is 16.2. The Hall–Kier alpha value is -2.69. The molecule has 2 rings (SSSR count). The van der Waals surface area contributed by atoms with Crippen molar-refractivity contribution in [3.05, 3.63) is 59.8 Å². The van der Waals surface area contributed by atoms with Crippen molar-refractivity contribution in [3.63, 3.8) is 0 Å². The molecule has 1 aromatic heterocycles. The van der Waals surface area contributed by atoms with E-state index in [1.165, 1.54) is 12.4 Å². The molecule has 1 amide bonds. The number of aromatic amines is 1. The van der Waals surface area contributed by atoms with E-state index >= 15 is 0 Å². The van der Waals surface area contributed by atoms with Crippen molar-refractivity contribution in [2.75, 3.05) is 0 Å². The lowest BCUT2D eigenvalue weighted by atomic mass is 10.2. The molecule has 0 aliphatic carbocycles. The van der Waals surface area contributed by atoms with Crippen molar-refractivity contribution in [1.29, 1.82) is 0 Å². The Bertz CT molecular complexity index is 559. The number of carbonyl (C=O) groups is 2. The number of allylic oxidation sites excluding steroid dienone is 1. The summed E-state index contributed by atoms with van der Waals surface area (Å²) in [7, 11) is 0. The fourth-order valence-corrected chi connectivity index (χ4v) is 1.41. The molecule has 0 radical (unpaired) electrons. The van der Waals surface area contributed by atoms with E-state index in [0.29, 0.717) is 6.29 Å². The number of carbonyl (C=O) groups excluding carboxylic acids is 2. The van der Waals surface area contributed by atoms with E-state index in [2.05, 4.69) is 15.3 Å². The topological polar surface area (TPSA) is 74.8 Å². The third-order valence-electron chi connectivity index (χ3n) is 2.22. The lowest BCUT2D eigenvalue weighted by molar-refractivity contribution is -0.105. The molecule has 5 heteroatoms. The van der Waals surface area contributed by atoms with Gasteiger partial charge >= 0.3 is 0 Å². The smallest absolute Gasteiger partial charge is 0.291 e. The van der Waals surface area contributed by atoms with Crippen LogP contribution in [-0.2, 0) is 4.79 Å². The summed E-state index contributed by atoms with van der Waals surface area (Å²) in [6, 6.07) is 9.25. The summed E-state index contributed by atoms with van der Waals surface area (Å²) >= 11 is 0. The van der Waals surface area contributed by atoms with Crippen LogP contribution in [0.2, 0.25) is 0 Å². The van der Waals surface area contributed by atoms with Crippen molar-refractivity contribution < 1.29 is 9.59 Å². The minimum atomic E-state index is -0.450. The lowest BCUT2D eigenvalue weighted by Crippen LogP contribution is -2.24. The van der Waals surface area contributed by atoms with Gasteiger partial charge < -0.3 is 10.3 Å². The van der Waals surface area contributed by atoms with E-state index in [1.54, 1.807) is 6.08 Å². The highest BCUT2D eigenvalue weighted by Crippen LogP contribution is 2.03. The summed E-state index contributed by atoms with van der Waals surface area (Å²) in [6.07, 6.45) is 5.19. The van der Waals surface area contributed by atoms with E-state index in [0.717, 1.165) is 5.56 Å². The summed E-state index contributed by atoms with van der Waals surface area (Å²) in [5.74, 6) is -0.287. The van der Waals surface area contributed by atoms with Crippen molar-refractivity contribution in [2.45, 2.75) is 0 Å². The van der Waals surface area contributed by atoms with Crippen LogP contribution in [0.15, 0.2) is 48.4 Å². The number of hydrogen-bond acceptors (Lipinski definition) is 3. The first-order chi connectivity index (χ1) is 8.79. The second-order valence-corrected chi connectivity index (χ2v) is 3.52. The maximum absolute atomic E-state index is 11.7. The maximum Gasteiger partial charge on any atom is 0.291 e. The van der Waals surface area contributed by atoms with E-state index in [9.17, 15) is 9.59 Å². The van der Waals surface area contributed by atoms with Gasteiger partial charge in [0.25, 0.3) is 5.91 Å². The van der Waals surface area contributed by atoms with Gasteiger partial charge in [0, 0.05) is 12.4 Å². The van der Waals surface area contributed by atoms with Crippen LogP contribution in [0.5, 0.6) is 0 Å². The fraction of sp³-hybridized carbons (Fsp3) is 0. The zero-order chi connectivity index (χ0) is 12.8. The first-order valence-electron chi connectivity index (χ1n) is 5.32. The molecule has 1 heterocycles. The lowest BCUT2D eigenvalue weighted by Gasteiger charge is -2.02. The number of nitrogens with one attached hydrogen (secondary N) is 2. The van der Waals surface area contributed by atoms with E-state index in [4.69, 9.17) is 0 Å². The third-order valence-corrected chi connectivity index (χ3v) is 2.22. The summed E-state index contributed by atoms with van der Waals surface area (Å²) in [6.45, 7) is 0. The molecular formula is C13H11N3O2. The minimum Gasteiger partial charge on any atom is -0.341 e. The van der Waals surface area contributed by atoms with Gasteiger partial charge in [-0.15, -0.1) is 0 Å². The van der Waals surface area contributed by atoms with Gasteiger partial charge in [-0.05, 0) is 11.6 Å². The average Bonchev–Trinajstić information content (AvgIpc) is 2.93. The van der Waals surface area contributed by atoms with Gasteiger partial charge in [0.05, 0.1) is 5.70 Å². The largest absolute Gasteiger partial charge is 0.341 e. The molecule has 0 bridgehead atoms. The van der Waals surface area contributed by atoms with E-state index < -0.39 is 5.91 Å². The molecule has 2 aromatic rings. The Balaban J connectivity index is 2.13. The number of aromatic nitrogens is 2. The van der Waals surface area contributed by atoms with E-state index in [1.807, 2.05) is 30.3 Å². The van der Waals surface area contributed by atoms with E-state index in [-0.39, 0.29) is 11.5 Å². The van der Waals surface area contributed by atoms with Crippen LogP contribution in [-0.4, -0.2) is 22.2 Å². The van der Waals surface area contributed by atoms with Crippen molar-refractivity contribution in [1.82, 2.24) is 15.3 Å². The molecule has 0 aliphatic rings. The number of H-pyrrole nitrogens is 1. The van der Waals surface area contributed by atoms with Crippen LogP contribution >= 0.6 is 0 Å². The molecule has 0 fully saturated rings. The second-order valence-electron chi connectivity index (χ2n) is 3.52. The molecule has 1 aromatic carbocycles. The predicted molar refractivity (Wildman–Crippen MR) is 66.5 cm³/mol. The molecule has 90 valence electrons. The van der Waals surface area contributed by atoms with Gasteiger partial charge in [-0.1, -0.05) is 30.3 Å². The molecule has 0 atom stereocenters. The average molecular weight is 241 g/mol. The van der Waals surface area contributed by atoms with Crippen LogP contribution in [0.25, 0.3) is 6.08 Å². The molecule has 0 aliphatic heterocycles. The SMILES string of the molecule is O=C/C(=C\c1ccccc1)NC(=O)c1ncc[nH]1. The van der Waals surface area contributed by atoms with Gasteiger partial charge in [-0.25, -0.2) is 4.98 Å². The molecular weight excluding hydrogens is 230 g/mol. The van der Waals surface area contributed by atoms with Crippen LogP contribution < -0.4 is 5.32 Å². The van der Waals surface area contributed by atoms with Crippen molar-refractivity contribution in [2.24, 2.45) is 0 Å². The summed E-state index contributed by atoms with van der Waals surface area (Å²) in [4.78, 5) is 29.0. The van der Waals surface area contributed by atoms with Crippen molar-refractivity contribution in [3.8, 4) is 0 Å². The van der Waals surface area contributed by atoms with Gasteiger partial charge in [0.15, 0.2) is 12.1 Å². The quantitative estimate of drug-likeness (QED) is 0.627. The summed E-state index contributed by atoms with van der Waals surface area (Å²) in [5, 5.41) is 2.48. The Morgan fingerprint density at radius 3 is 2.67 bits per heavy atom. The highest BCUT2D eigenvalue weighted by molar-refractivity contribution is 5.97. The Morgan fingerprint density at radius 1 is 1.28 bits per heavy atom. The molecule has 0 saturated carbocycles. The molecule has 5 nitrogen and oxygen atoms in total. The number of nitrogens with zero attached hydrogens (tertiary/aromatic N) is 1. The number of benzene rings is 1. The standard InChI is InChI=1S/C13H11N3O2/c17-9-11(8-10-4-2-1-3-5-10)16-13(18)12-14-6-7-15-12/h1-9H,(H,14,15)(H,16,18)/b11-8+. The Kier molecular flexibility index (Phi) is 3.66. The summed E-state index contributed by atoms with van der Waals surface area (Å²) in [5.41, 5.74) is 1.02. The first-order valence-corrected chi connectivity index (χ1v) is 5.32. The third kappa shape index (κ3) is 2.91. The molecule has 18 heavy (non-hydrogen) atoms. The zero-order valence-corrected chi connectivity index (χ0v) is 9.46. The second kappa shape index (κ2) is 5.58. The van der Waals surface area contributed by atoms with Crippen LogP contribution in [0.3, 0.4) is 0 Å². The number of amides is 1. The number of rotatable bonds is 4. The Labute approximate surface area is 104 Å². The molecule has 2 N–H and O–H groups in total. The molecule has 0 unspecified atom stereocenters. The number of aldehydes is 1. The highest BCUT2D eigenvalue weighted by Gasteiger charge is 2.09. The first kappa shape index (κ1) is 11.8. The number of imidazole rings is 1. The minimum absolute atomic E-state index is 0.163. The van der Waals surface area contributed by atoms with Gasteiger partial charge in [0.2, 0.25) is 0 Å².